The highest BCUT2D eigenvalue weighted by molar-refractivity contribution is 7.99. The highest BCUT2D eigenvalue weighted by Gasteiger charge is 2.32. The summed E-state index contributed by atoms with van der Waals surface area (Å²) < 4.78 is 12.7. The predicted molar refractivity (Wildman–Crippen MR) is 168 cm³/mol. The topological polar surface area (TPSA) is 113 Å². The van der Waals surface area contributed by atoms with Crippen molar-refractivity contribution in [3.63, 3.8) is 0 Å². The SMILES string of the molecule is CC(C(Oc1ccc(COC(=O)Nc2ccc3nc(C4N[C@@H](C(=O)O)CS4)sc3c2)cc1Cl)c1ccccc1)N(C)C. The van der Waals surface area contributed by atoms with Crippen molar-refractivity contribution in [2.75, 3.05) is 25.2 Å². The summed E-state index contributed by atoms with van der Waals surface area (Å²) in [4.78, 5) is 30.5. The quantitative estimate of drug-likeness (QED) is 0.180. The van der Waals surface area contributed by atoms with Crippen molar-refractivity contribution in [1.82, 2.24) is 15.2 Å². The molecule has 0 radical (unpaired) electrons. The molecule has 1 aliphatic heterocycles. The van der Waals surface area contributed by atoms with Crippen molar-refractivity contribution < 1.29 is 24.2 Å². The van der Waals surface area contributed by atoms with E-state index >= 15 is 0 Å². The van der Waals surface area contributed by atoms with Gasteiger partial charge in [0.05, 0.1) is 15.2 Å². The number of carboxylic acid groups (broad SMARTS) is 1. The van der Waals surface area contributed by atoms with Crippen molar-refractivity contribution in [2.24, 2.45) is 0 Å². The summed E-state index contributed by atoms with van der Waals surface area (Å²) in [6.07, 6.45) is -0.829. The first-order valence-electron chi connectivity index (χ1n) is 13.3. The molecule has 0 spiro atoms. The number of carboxylic acids is 1. The molecule has 1 amide bonds. The van der Waals surface area contributed by atoms with Crippen LogP contribution in [0.3, 0.4) is 0 Å². The largest absolute Gasteiger partial charge is 0.483 e. The third kappa shape index (κ3) is 7.16. The molecule has 12 heteroatoms. The van der Waals surface area contributed by atoms with E-state index in [0.29, 0.717) is 22.2 Å². The Morgan fingerprint density at radius 1 is 1.17 bits per heavy atom. The molecule has 9 nitrogen and oxygen atoms in total. The molecule has 0 aliphatic carbocycles. The summed E-state index contributed by atoms with van der Waals surface area (Å²) in [6.45, 7) is 2.13. The number of hydrogen-bond donors (Lipinski definition) is 3. The lowest BCUT2D eigenvalue weighted by Crippen LogP contribution is -2.34. The molecule has 0 saturated carbocycles. The number of aliphatic carboxylic acids is 1. The Hall–Kier alpha value is -3.35. The normalized spacial score (nSPS) is 18.1. The second-order valence-electron chi connectivity index (χ2n) is 10.1. The van der Waals surface area contributed by atoms with Gasteiger partial charge >= 0.3 is 12.1 Å². The number of likely N-dealkylation sites (N-methyl/N-ethyl adjacent to an activating group) is 1. The first kappa shape index (κ1) is 30.1. The number of nitrogens with one attached hydrogen (secondary N) is 2. The van der Waals surface area contributed by atoms with Crippen LogP contribution in [0.15, 0.2) is 66.7 Å². The summed E-state index contributed by atoms with van der Waals surface area (Å²) in [7, 11) is 4.02. The van der Waals surface area contributed by atoms with E-state index in [1.807, 2.05) is 62.6 Å². The van der Waals surface area contributed by atoms with Gasteiger partial charge in [-0.15, -0.1) is 23.1 Å². The van der Waals surface area contributed by atoms with Crippen molar-refractivity contribution in [3.05, 3.63) is 87.9 Å². The summed E-state index contributed by atoms with van der Waals surface area (Å²) in [5.41, 5.74) is 3.12. The monoisotopic (exact) mass is 626 g/mol. The van der Waals surface area contributed by atoms with Crippen LogP contribution in [-0.4, -0.2) is 59.0 Å². The first-order valence-corrected chi connectivity index (χ1v) is 15.5. The average molecular weight is 627 g/mol. The van der Waals surface area contributed by atoms with E-state index in [2.05, 4.69) is 27.4 Å². The van der Waals surface area contributed by atoms with Crippen LogP contribution >= 0.6 is 34.7 Å². The Balaban J connectivity index is 1.18. The number of nitrogens with zero attached hydrogens (tertiary/aromatic N) is 2. The van der Waals surface area contributed by atoms with Crippen LogP contribution in [0.2, 0.25) is 5.02 Å². The number of carbonyl (C=O) groups is 2. The van der Waals surface area contributed by atoms with Crippen LogP contribution in [0.4, 0.5) is 10.5 Å². The molecule has 42 heavy (non-hydrogen) atoms. The fourth-order valence-corrected chi connectivity index (χ4v) is 7.04. The summed E-state index contributed by atoms with van der Waals surface area (Å²) in [6, 6.07) is 20.3. The molecular weight excluding hydrogens is 596 g/mol. The number of thioether (sulfide) groups is 1. The molecule has 3 N–H and O–H groups in total. The van der Waals surface area contributed by atoms with Crippen LogP contribution in [0.5, 0.6) is 5.75 Å². The van der Waals surface area contributed by atoms with Gasteiger partial charge in [-0.25, -0.2) is 9.78 Å². The average Bonchev–Trinajstić information content (AvgIpc) is 3.63. The van der Waals surface area contributed by atoms with Gasteiger partial charge in [-0.3, -0.25) is 15.4 Å². The smallest absolute Gasteiger partial charge is 0.411 e. The lowest BCUT2D eigenvalue weighted by Gasteiger charge is -2.30. The number of halogens is 1. The minimum absolute atomic E-state index is 0.0321. The second kappa shape index (κ2) is 13.3. The van der Waals surface area contributed by atoms with Crippen molar-refractivity contribution in [1.29, 1.82) is 0 Å². The van der Waals surface area contributed by atoms with E-state index in [4.69, 9.17) is 21.1 Å². The van der Waals surface area contributed by atoms with E-state index in [-0.39, 0.29) is 24.1 Å². The summed E-state index contributed by atoms with van der Waals surface area (Å²) in [5.74, 6) is 0.169. The van der Waals surface area contributed by atoms with E-state index in [1.54, 1.807) is 18.2 Å². The van der Waals surface area contributed by atoms with E-state index in [0.717, 1.165) is 26.4 Å². The van der Waals surface area contributed by atoms with E-state index in [1.165, 1.54) is 23.1 Å². The van der Waals surface area contributed by atoms with Crippen LogP contribution in [0, 0.1) is 0 Å². The van der Waals surface area contributed by atoms with Gasteiger partial charge in [0.15, 0.2) is 0 Å². The van der Waals surface area contributed by atoms with Gasteiger partial charge in [0.2, 0.25) is 0 Å². The third-order valence-corrected chi connectivity index (χ3v) is 9.70. The number of rotatable bonds is 10. The van der Waals surface area contributed by atoms with Crippen molar-refractivity contribution in [3.8, 4) is 5.75 Å². The highest BCUT2D eigenvalue weighted by Crippen LogP contribution is 2.38. The fraction of sp³-hybridized carbons (Fsp3) is 0.300. The number of carbonyl (C=O) groups excluding carboxylic acids is 1. The molecule has 1 aliphatic rings. The molecule has 1 aromatic heterocycles. The van der Waals surface area contributed by atoms with Crippen LogP contribution in [0.25, 0.3) is 10.2 Å². The van der Waals surface area contributed by atoms with Crippen LogP contribution in [0.1, 0.15) is 34.5 Å². The van der Waals surface area contributed by atoms with Gasteiger partial charge in [0.25, 0.3) is 0 Å². The molecule has 3 aromatic carbocycles. The van der Waals surface area contributed by atoms with Gasteiger partial charge in [-0.1, -0.05) is 48.0 Å². The first-order chi connectivity index (χ1) is 20.2. The predicted octanol–water partition coefficient (Wildman–Crippen LogP) is 6.56. The van der Waals surface area contributed by atoms with Gasteiger partial charge in [0, 0.05) is 17.5 Å². The molecular formula is C30H31ClN4O5S2. The minimum Gasteiger partial charge on any atom is -0.483 e. The number of ether oxygens (including phenoxy) is 2. The molecule has 5 rings (SSSR count). The number of thiazole rings is 1. The Labute approximate surface area is 257 Å². The molecule has 0 bridgehead atoms. The van der Waals surface area contributed by atoms with Gasteiger partial charge in [-0.05, 0) is 62.5 Å². The molecule has 1 saturated heterocycles. The van der Waals surface area contributed by atoms with Crippen molar-refractivity contribution in [2.45, 2.75) is 37.1 Å². The molecule has 4 atom stereocenters. The highest BCUT2D eigenvalue weighted by atomic mass is 35.5. The molecule has 220 valence electrons. The Bertz CT molecular complexity index is 1570. The summed E-state index contributed by atoms with van der Waals surface area (Å²) >= 11 is 9.56. The third-order valence-electron chi connectivity index (χ3n) is 6.96. The Kier molecular flexibility index (Phi) is 9.54. The molecule has 3 unspecified atom stereocenters. The molecule has 1 fully saturated rings. The number of amides is 1. The maximum Gasteiger partial charge on any atom is 0.411 e. The van der Waals surface area contributed by atoms with Gasteiger partial charge < -0.3 is 19.5 Å². The Morgan fingerprint density at radius 2 is 1.95 bits per heavy atom. The number of benzene rings is 3. The number of hydrogen-bond acceptors (Lipinski definition) is 9. The van der Waals surface area contributed by atoms with Crippen LogP contribution < -0.4 is 15.4 Å². The number of anilines is 1. The van der Waals surface area contributed by atoms with Crippen molar-refractivity contribution >= 4 is 62.7 Å². The lowest BCUT2D eigenvalue weighted by molar-refractivity contribution is -0.138. The zero-order chi connectivity index (χ0) is 29.8. The fourth-order valence-electron chi connectivity index (χ4n) is 4.42. The number of fused-ring (bicyclic) bond motifs is 1. The minimum atomic E-state index is -0.867. The zero-order valence-electron chi connectivity index (χ0n) is 23.2. The lowest BCUT2D eigenvalue weighted by atomic mass is 10.0. The van der Waals surface area contributed by atoms with Crippen LogP contribution in [-0.2, 0) is 16.1 Å². The zero-order valence-corrected chi connectivity index (χ0v) is 25.6. The second-order valence-corrected chi connectivity index (χ2v) is 12.7. The molecule has 2 heterocycles. The van der Waals surface area contributed by atoms with Gasteiger partial charge in [-0.2, -0.15) is 0 Å². The maximum absolute atomic E-state index is 12.6. The standard InChI is InChI=1S/C30H31ClN4O5S2/c1-17(35(2)3)26(19-7-5-4-6-8-19)40-24-12-9-18(13-21(24)31)15-39-30(38)32-20-10-11-22-25(14-20)42-28(33-22)27-34-23(16-41-27)29(36)37/h4-14,17,23,26-27,34H,15-16H2,1-3H3,(H,32,38)(H,36,37)/t17?,23-,26?,27?/m1/s1. The molecule has 4 aromatic rings. The van der Waals surface area contributed by atoms with E-state index < -0.39 is 18.1 Å². The van der Waals surface area contributed by atoms with E-state index in [9.17, 15) is 14.7 Å². The summed E-state index contributed by atoms with van der Waals surface area (Å²) in [5, 5.41) is 16.1. The number of aromatic nitrogens is 1. The van der Waals surface area contributed by atoms with Gasteiger partial charge in [0.1, 0.15) is 34.9 Å². The maximum atomic E-state index is 12.6. The Morgan fingerprint density at radius 3 is 2.64 bits per heavy atom.